The lowest BCUT2D eigenvalue weighted by Gasteiger charge is -2.24. The minimum Gasteiger partial charge on any atom is -0.291 e. The Morgan fingerprint density at radius 3 is 2.26 bits per heavy atom. The largest absolute Gasteiger partial charge is 0.291 e. The Bertz CT molecular complexity index is 503. The molecule has 0 heterocycles. The van der Waals surface area contributed by atoms with E-state index in [9.17, 15) is 9.59 Å². The number of aryl methyl sites for hydroxylation is 2. The number of imide groups is 1. The fourth-order valence-electron chi connectivity index (χ4n) is 1.70. The van der Waals surface area contributed by atoms with E-state index in [1.807, 2.05) is 46.8 Å². The molecule has 0 saturated heterocycles. The van der Waals surface area contributed by atoms with Gasteiger partial charge in [0.2, 0.25) is 5.91 Å². The van der Waals surface area contributed by atoms with Gasteiger partial charge in [0.05, 0.1) is 4.83 Å². The van der Waals surface area contributed by atoms with E-state index < -0.39 is 4.83 Å². The highest BCUT2D eigenvalue weighted by atomic mass is 79.9. The van der Waals surface area contributed by atoms with Gasteiger partial charge < -0.3 is 0 Å². The number of nitrogens with one attached hydrogen (secondary N) is 1. The van der Waals surface area contributed by atoms with Gasteiger partial charge in [-0.15, -0.1) is 0 Å². The van der Waals surface area contributed by atoms with Crippen molar-refractivity contribution in [3.05, 3.63) is 34.9 Å². The molecule has 19 heavy (non-hydrogen) atoms. The van der Waals surface area contributed by atoms with Crippen LogP contribution in [0.25, 0.3) is 0 Å². The lowest BCUT2D eigenvalue weighted by molar-refractivity contribution is -0.121. The van der Waals surface area contributed by atoms with E-state index in [-0.39, 0.29) is 17.2 Å². The van der Waals surface area contributed by atoms with Crippen LogP contribution in [-0.2, 0) is 4.79 Å². The summed E-state index contributed by atoms with van der Waals surface area (Å²) in [5.74, 6) is -0.659. The van der Waals surface area contributed by atoms with Gasteiger partial charge in [-0.2, -0.15) is 0 Å². The SMILES string of the molecule is Cc1ccc(C(=O)NC(=O)C(Br)C(C)(C)C)c(C)c1. The summed E-state index contributed by atoms with van der Waals surface area (Å²) < 4.78 is 0. The molecule has 0 saturated carbocycles. The number of carbonyl (C=O) groups excluding carboxylic acids is 2. The van der Waals surface area contributed by atoms with E-state index in [1.54, 1.807) is 6.07 Å². The first-order valence-electron chi connectivity index (χ1n) is 6.19. The van der Waals surface area contributed by atoms with Crippen molar-refractivity contribution in [3.63, 3.8) is 0 Å². The molecule has 0 aromatic heterocycles. The van der Waals surface area contributed by atoms with E-state index in [0.717, 1.165) is 11.1 Å². The summed E-state index contributed by atoms with van der Waals surface area (Å²) in [6, 6.07) is 5.53. The molecule has 2 amide bonds. The number of hydrogen-bond donors (Lipinski definition) is 1. The van der Waals surface area contributed by atoms with Crippen LogP contribution in [0.4, 0.5) is 0 Å². The van der Waals surface area contributed by atoms with Gasteiger partial charge in [0.25, 0.3) is 5.91 Å². The molecule has 0 radical (unpaired) electrons. The molecule has 1 atom stereocenters. The molecule has 4 heteroatoms. The maximum absolute atomic E-state index is 12.1. The minimum atomic E-state index is -0.408. The Labute approximate surface area is 122 Å². The third-order valence-corrected chi connectivity index (χ3v) is 4.64. The van der Waals surface area contributed by atoms with Crippen LogP contribution in [0.3, 0.4) is 0 Å². The van der Waals surface area contributed by atoms with Crippen LogP contribution in [-0.4, -0.2) is 16.6 Å². The predicted octanol–water partition coefficient (Wildman–Crippen LogP) is 3.37. The van der Waals surface area contributed by atoms with Crippen LogP contribution in [0.15, 0.2) is 18.2 Å². The molecule has 0 aliphatic rings. The monoisotopic (exact) mass is 325 g/mol. The summed E-state index contributed by atoms with van der Waals surface area (Å²) in [5.41, 5.74) is 2.25. The molecular weight excluding hydrogens is 306 g/mol. The number of amides is 2. The van der Waals surface area contributed by atoms with Crippen molar-refractivity contribution in [2.75, 3.05) is 0 Å². The van der Waals surface area contributed by atoms with Gasteiger partial charge in [-0.1, -0.05) is 54.4 Å². The van der Waals surface area contributed by atoms with Crippen molar-refractivity contribution >= 4 is 27.7 Å². The second-order valence-corrected chi connectivity index (χ2v) is 6.78. The van der Waals surface area contributed by atoms with Gasteiger partial charge in [-0.25, -0.2) is 0 Å². The van der Waals surface area contributed by atoms with Gasteiger partial charge >= 0.3 is 0 Å². The molecule has 0 fully saturated rings. The van der Waals surface area contributed by atoms with E-state index in [0.29, 0.717) is 5.56 Å². The molecule has 1 unspecified atom stereocenters. The summed E-state index contributed by atoms with van der Waals surface area (Å²) in [6.45, 7) is 9.64. The second-order valence-electron chi connectivity index (χ2n) is 5.87. The van der Waals surface area contributed by atoms with E-state index in [1.165, 1.54) is 0 Å². The Morgan fingerprint density at radius 2 is 1.79 bits per heavy atom. The Morgan fingerprint density at radius 1 is 1.21 bits per heavy atom. The maximum atomic E-state index is 12.1. The zero-order chi connectivity index (χ0) is 14.8. The molecule has 1 aromatic rings. The Kier molecular flexibility index (Phi) is 4.91. The van der Waals surface area contributed by atoms with Crippen molar-refractivity contribution in [1.29, 1.82) is 0 Å². The molecule has 0 bridgehead atoms. The summed E-state index contributed by atoms with van der Waals surface area (Å²) >= 11 is 3.33. The summed E-state index contributed by atoms with van der Waals surface area (Å²) in [5, 5.41) is 2.44. The van der Waals surface area contributed by atoms with Crippen molar-refractivity contribution in [2.24, 2.45) is 5.41 Å². The Balaban J connectivity index is 2.83. The second kappa shape index (κ2) is 5.87. The Hall–Kier alpha value is -1.16. The molecule has 1 N–H and O–H groups in total. The molecule has 3 nitrogen and oxygen atoms in total. The van der Waals surface area contributed by atoms with Crippen molar-refractivity contribution < 1.29 is 9.59 Å². The quantitative estimate of drug-likeness (QED) is 0.847. The van der Waals surface area contributed by atoms with E-state index in [2.05, 4.69) is 21.2 Å². The van der Waals surface area contributed by atoms with Crippen molar-refractivity contribution in [1.82, 2.24) is 5.32 Å². The highest BCUT2D eigenvalue weighted by molar-refractivity contribution is 9.10. The fourth-order valence-corrected chi connectivity index (χ4v) is 1.82. The number of hydrogen-bond acceptors (Lipinski definition) is 2. The van der Waals surface area contributed by atoms with Gasteiger partial charge in [0.1, 0.15) is 0 Å². The minimum absolute atomic E-state index is 0.243. The van der Waals surface area contributed by atoms with Crippen LogP contribution < -0.4 is 5.32 Å². The average molecular weight is 326 g/mol. The van der Waals surface area contributed by atoms with Gasteiger partial charge in [-0.05, 0) is 30.9 Å². The summed E-state index contributed by atoms with van der Waals surface area (Å²) in [4.78, 5) is 23.6. The molecule has 0 aliphatic heterocycles. The van der Waals surface area contributed by atoms with Crippen LogP contribution in [0.5, 0.6) is 0 Å². The van der Waals surface area contributed by atoms with E-state index >= 15 is 0 Å². The van der Waals surface area contributed by atoms with Crippen LogP contribution in [0.1, 0.15) is 42.3 Å². The van der Waals surface area contributed by atoms with Crippen molar-refractivity contribution in [2.45, 2.75) is 39.4 Å². The number of benzene rings is 1. The number of rotatable bonds is 2. The van der Waals surface area contributed by atoms with Gasteiger partial charge in [0.15, 0.2) is 0 Å². The average Bonchev–Trinajstić information content (AvgIpc) is 2.26. The third-order valence-electron chi connectivity index (χ3n) is 2.85. The first-order valence-corrected chi connectivity index (χ1v) is 7.11. The highest BCUT2D eigenvalue weighted by Crippen LogP contribution is 2.26. The standard InChI is InChI=1S/C15H20BrNO2/c1-9-6-7-11(10(2)8-9)13(18)17-14(19)12(16)15(3,4)5/h6-8,12H,1-5H3,(H,17,18,19). The summed E-state index contributed by atoms with van der Waals surface area (Å²) in [7, 11) is 0. The molecule has 0 spiro atoms. The van der Waals surface area contributed by atoms with Gasteiger partial charge in [0, 0.05) is 5.56 Å². The van der Waals surface area contributed by atoms with Crippen LogP contribution >= 0.6 is 15.9 Å². The maximum Gasteiger partial charge on any atom is 0.258 e. The van der Waals surface area contributed by atoms with E-state index in [4.69, 9.17) is 0 Å². The van der Waals surface area contributed by atoms with Crippen LogP contribution in [0, 0.1) is 19.3 Å². The third kappa shape index (κ3) is 4.16. The lowest BCUT2D eigenvalue weighted by Crippen LogP contribution is -2.41. The molecule has 1 aromatic carbocycles. The molecular formula is C15H20BrNO2. The molecule has 0 aliphatic carbocycles. The zero-order valence-corrected chi connectivity index (χ0v) is 13.6. The molecule has 1 rings (SSSR count). The highest BCUT2D eigenvalue weighted by Gasteiger charge is 2.30. The first kappa shape index (κ1) is 15.9. The first-order chi connectivity index (χ1) is 8.62. The predicted molar refractivity (Wildman–Crippen MR) is 80.6 cm³/mol. The number of alkyl halides is 1. The lowest BCUT2D eigenvalue weighted by atomic mass is 9.91. The zero-order valence-electron chi connectivity index (χ0n) is 12.0. The number of halogens is 1. The smallest absolute Gasteiger partial charge is 0.258 e. The number of carbonyl (C=O) groups is 2. The fraction of sp³-hybridized carbons (Fsp3) is 0.467. The van der Waals surface area contributed by atoms with Crippen molar-refractivity contribution in [3.8, 4) is 0 Å². The summed E-state index contributed by atoms with van der Waals surface area (Å²) in [6.07, 6.45) is 0. The topological polar surface area (TPSA) is 46.2 Å². The van der Waals surface area contributed by atoms with Crippen LogP contribution in [0.2, 0.25) is 0 Å². The van der Waals surface area contributed by atoms with Gasteiger partial charge in [-0.3, -0.25) is 14.9 Å². The molecule has 104 valence electrons. The normalized spacial score (nSPS) is 12.9.